The number of hydrogen-bond donors (Lipinski definition) is 2. The van der Waals surface area contributed by atoms with Gasteiger partial charge >= 0.3 is 0 Å². The van der Waals surface area contributed by atoms with E-state index in [4.69, 9.17) is 5.84 Å². The summed E-state index contributed by atoms with van der Waals surface area (Å²) in [6, 6.07) is 8.97. The molecule has 0 fully saturated rings. The lowest BCUT2D eigenvalue weighted by molar-refractivity contribution is 0.438. The zero-order chi connectivity index (χ0) is 13.9. The van der Waals surface area contributed by atoms with E-state index >= 15 is 0 Å². The number of aryl methyl sites for hydroxylation is 2. The molecule has 106 valence electrons. The van der Waals surface area contributed by atoms with Crippen LogP contribution in [0.2, 0.25) is 0 Å². The highest BCUT2D eigenvalue weighted by atomic mass is 32.2. The summed E-state index contributed by atoms with van der Waals surface area (Å²) in [7, 11) is 1.95. The molecule has 1 aromatic heterocycles. The van der Waals surface area contributed by atoms with Crippen molar-refractivity contribution in [1.82, 2.24) is 15.2 Å². The summed E-state index contributed by atoms with van der Waals surface area (Å²) < 4.78 is 1.85. The summed E-state index contributed by atoms with van der Waals surface area (Å²) in [5, 5.41) is 4.21. The van der Waals surface area contributed by atoms with Gasteiger partial charge in [0.05, 0.1) is 6.20 Å². The largest absolute Gasteiger partial charge is 0.276 e. The molecule has 4 nitrogen and oxygen atoms in total. The van der Waals surface area contributed by atoms with Crippen molar-refractivity contribution in [2.45, 2.75) is 29.7 Å². The topological polar surface area (TPSA) is 55.9 Å². The quantitative estimate of drug-likeness (QED) is 0.653. The highest BCUT2D eigenvalue weighted by molar-refractivity contribution is 7.99. The molecule has 0 bridgehead atoms. The van der Waals surface area contributed by atoms with Crippen molar-refractivity contribution in [1.29, 1.82) is 0 Å². The summed E-state index contributed by atoms with van der Waals surface area (Å²) in [6.07, 6.45) is 6.05. The first-order valence-corrected chi connectivity index (χ1v) is 7.92. The molecule has 5 heteroatoms. The minimum Gasteiger partial charge on any atom is -0.276 e. The predicted octanol–water partition coefficient (Wildman–Crippen LogP) is 2.07. The second-order valence-corrected chi connectivity index (χ2v) is 6.35. The fourth-order valence-electron chi connectivity index (χ4n) is 2.84. The van der Waals surface area contributed by atoms with E-state index < -0.39 is 0 Å². The van der Waals surface area contributed by atoms with Gasteiger partial charge in [0.25, 0.3) is 0 Å². The molecule has 0 amide bonds. The Morgan fingerprint density at radius 3 is 3.10 bits per heavy atom. The smallest absolute Gasteiger partial charge is 0.0521 e. The first-order chi connectivity index (χ1) is 9.78. The summed E-state index contributed by atoms with van der Waals surface area (Å²) in [5.41, 5.74) is 5.73. The van der Waals surface area contributed by atoms with Crippen LogP contribution in [-0.4, -0.2) is 21.6 Å². The molecule has 0 saturated heterocycles. The third-order valence-corrected chi connectivity index (χ3v) is 5.15. The van der Waals surface area contributed by atoms with Gasteiger partial charge in [-0.3, -0.25) is 16.0 Å². The standard InChI is InChI=1S/C15H20N4S/c1-19-9-11(8-17-19)6-7-14(18-16)13-10-20-15-5-3-2-4-12(13)15/h2-5,8-9,13-14,18H,6-7,10,16H2,1H3. The number of fused-ring (bicyclic) bond motifs is 1. The number of hydrogen-bond acceptors (Lipinski definition) is 4. The molecule has 3 rings (SSSR count). The van der Waals surface area contributed by atoms with Gasteiger partial charge in [-0.1, -0.05) is 18.2 Å². The van der Waals surface area contributed by atoms with Crippen molar-refractivity contribution in [3.05, 3.63) is 47.8 Å². The summed E-state index contributed by atoms with van der Waals surface area (Å²) >= 11 is 1.93. The molecule has 20 heavy (non-hydrogen) atoms. The van der Waals surface area contributed by atoms with E-state index in [1.165, 1.54) is 16.0 Å². The predicted molar refractivity (Wildman–Crippen MR) is 82.5 cm³/mol. The second kappa shape index (κ2) is 5.99. The Balaban J connectivity index is 1.68. The zero-order valence-electron chi connectivity index (χ0n) is 11.6. The van der Waals surface area contributed by atoms with Gasteiger partial charge in [0.2, 0.25) is 0 Å². The monoisotopic (exact) mass is 288 g/mol. The molecule has 0 saturated carbocycles. The van der Waals surface area contributed by atoms with Gasteiger partial charge < -0.3 is 0 Å². The number of thioether (sulfide) groups is 1. The average Bonchev–Trinajstić information content (AvgIpc) is 3.07. The number of rotatable bonds is 5. The Kier molecular flexibility index (Phi) is 4.10. The van der Waals surface area contributed by atoms with Gasteiger partial charge in [-0.25, -0.2) is 0 Å². The first-order valence-electron chi connectivity index (χ1n) is 6.93. The van der Waals surface area contributed by atoms with Crippen molar-refractivity contribution in [3.63, 3.8) is 0 Å². The second-order valence-electron chi connectivity index (χ2n) is 5.29. The number of benzene rings is 1. The van der Waals surface area contributed by atoms with Crippen LogP contribution < -0.4 is 11.3 Å². The number of hydrazine groups is 1. The lowest BCUT2D eigenvalue weighted by Gasteiger charge is -2.23. The maximum atomic E-state index is 5.80. The Labute approximate surface area is 123 Å². The van der Waals surface area contributed by atoms with Crippen LogP contribution in [0.5, 0.6) is 0 Å². The third kappa shape index (κ3) is 2.75. The number of nitrogens with one attached hydrogen (secondary N) is 1. The zero-order valence-corrected chi connectivity index (χ0v) is 12.4. The van der Waals surface area contributed by atoms with Crippen LogP contribution in [0.3, 0.4) is 0 Å². The Morgan fingerprint density at radius 1 is 1.50 bits per heavy atom. The van der Waals surface area contributed by atoms with Crippen molar-refractivity contribution in [3.8, 4) is 0 Å². The molecule has 0 radical (unpaired) electrons. The summed E-state index contributed by atoms with van der Waals surface area (Å²) in [5.74, 6) is 7.41. The van der Waals surface area contributed by atoms with Gasteiger partial charge in [0.1, 0.15) is 0 Å². The normalized spacial score (nSPS) is 19.0. The van der Waals surface area contributed by atoms with Crippen LogP contribution in [0.25, 0.3) is 0 Å². The van der Waals surface area contributed by atoms with Gasteiger partial charge in [-0.2, -0.15) is 5.10 Å². The van der Waals surface area contributed by atoms with E-state index in [-0.39, 0.29) is 0 Å². The van der Waals surface area contributed by atoms with Crippen molar-refractivity contribution in [2.75, 3.05) is 5.75 Å². The van der Waals surface area contributed by atoms with Gasteiger partial charge in [-0.15, -0.1) is 11.8 Å². The third-order valence-electron chi connectivity index (χ3n) is 3.94. The molecular formula is C15H20N4S. The number of nitrogens with two attached hydrogens (primary N) is 1. The Hall–Kier alpha value is -1.30. The van der Waals surface area contributed by atoms with E-state index in [1.807, 2.05) is 29.7 Å². The minimum absolute atomic E-state index is 0.311. The summed E-state index contributed by atoms with van der Waals surface area (Å²) in [4.78, 5) is 1.40. The van der Waals surface area contributed by atoms with E-state index in [9.17, 15) is 0 Å². The molecule has 1 aliphatic rings. The van der Waals surface area contributed by atoms with Crippen LogP contribution in [0.4, 0.5) is 0 Å². The van der Waals surface area contributed by atoms with Crippen LogP contribution >= 0.6 is 11.8 Å². The molecule has 0 spiro atoms. The molecular weight excluding hydrogens is 268 g/mol. The molecule has 1 aromatic carbocycles. The highest BCUT2D eigenvalue weighted by Crippen LogP contribution is 2.41. The van der Waals surface area contributed by atoms with Crippen LogP contribution in [0.1, 0.15) is 23.5 Å². The molecule has 2 unspecified atom stereocenters. The van der Waals surface area contributed by atoms with Crippen molar-refractivity contribution in [2.24, 2.45) is 12.9 Å². The van der Waals surface area contributed by atoms with Gasteiger partial charge in [-0.05, 0) is 30.0 Å². The fourth-order valence-corrected chi connectivity index (χ4v) is 4.18. The average molecular weight is 288 g/mol. The van der Waals surface area contributed by atoms with E-state index in [1.54, 1.807) is 0 Å². The first kappa shape index (κ1) is 13.7. The van der Waals surface area contributed by atoms with Crippen LogP contribution in [0.15, 0.2) is 41.6 Å². The van der Waals surface area contributed by atoms with E-state index in [2.05, 4.69) is 41.0 Å². The van der Waals surface area contributed by atoms with Gasteiger partial charge in [0.15, 0.2) is 0 Å². The highest BCUT2D eigenvalue weighted by Gasteiger charge is 2.29. The molecule has 2 atom stereocenters. The van der Waals surface area contributed by atoms with E-state index in [0.29, 0.717) is 12.0 Å². The molecule has 1 aliphatic heterocycles. The Bertz CT molecular complexity index is 581. The van der Waals surface area contributed by atoms with Crippen LogP contribution in [0, 0.1) is 0 Å². The van der Waals surface area contributed by atoms with Crippen molar-refractivity contribution >= 4 is 11.8 Å². The molecule has 3 N–H and O–H groups in total. The van der Waals surface area contributed by atoms with Crippen LogP contribution in [-0.2, 0) is 13.5 Å². The van der Waals surface area contributed by atoms with Crippen molar-refractivity contribution < 1.29 is 0 Å². The minimum atomic E-state index is 0.311. The maximum Gasteiger partial charge on any atom is 0.0521 e. The van der Waals surface area contributed by atoms with Gasteiger partial charge in [0, 0.05) is 35.9 Å². The maximum absolute atomic E-state index is 5.80. The SMILES string of the molecule is Cn1cc(CCC(NN)C2CSc3ccccc32)cn1. The molecule has 2 heterocycles. The lowest BCUT2D eigenvalue weighted by Crippen LogP contribution is -2.40. The lowest BCUT2D eigenvalue weighted by atomic mass is 9.90. The number of nitrogens with zero attached hydrogens (tertiary/aromatic N) is 2. The summed E-state index contributed by atoms with van der Waals surface area (Å²) in [6.45, 7) is 0. The Morgan fingerprint density at radius 2 is 2.35 bits per heavy atom. The van der Waals surface area contributed by atoms with E-state index in [0.717, 1.165) is 18.6 Å². The number of aromatic nitrogens is 2. The molecule has 0 aliphatic carbocycles. The fraction of sp³-hybridized carbons (Fsp3) is 0.400. The molecule has 2 aromatic rings.